The van der Waals surface area contributed by atoms with Gasteiger partial charge in [0.15, 0.2) is 0 Å². The van der Waals surface area contributed by atoms with Crippen LogP contribution in [0.2, 0.25) is 0 Å². The van der Waals surface area contributed by atoms with E-state index in [1.807, 2.05) is 19.2 Å². The monoisotopic (exact) mass is 354 g/mol. The van der Waals surface area contributed by atoms with Gasteiger partial charge in [0.05, 0.1) is 16.9 Å². The van der Waals surface area contributed by atoms with Gasteiger partial charge in [0, 0.05) is 30.4 Å². The number of hydrogen-bond donors (Lipinski definition) is 4. The standard InChI is InChI=1S/C20H26N4O2/c1-2-21-19(25)15-10-23-18-14(3-4-22-18)17(15)24-16-12-5-11-6-13(16)9-20(26,7-11)8-12/h3-4,10-13,16,26H,2,5-9H2,1H3,(H,21,25)(H2,22,23,24)/t11?,12-,13+,16-,20-. The SMILES string of the molecule is CCNC(=O)c1cnc2[nH]ccc2c1N[C@@H]1[C@@H]2CC3C[C@H]1C[C@@](O)(C3)C2. The summed E-state index contributed by atoms with van der Waals surface area (Å²) < 4.78 is 0. The average Bonchev–Trinajstić information content (AvgIpc) is 3.05. The maximum absolute atomic E-state index is 12.6. The molecule has 0 aromatic carbocycles. The molecule has 4 aliphatic carbocycles. The number of aromatic nitrogens is 2. The van der Waals surface area contributed by atoms with Crippen molar-refractivity contribution >= 4 is 22.6 Å². The first-order valence-electron chi connectivity index (χ1n) is 9.79. The molecule has 2 aromatic rings. The molecule has 4 bridgehead atoms. The fourth-order valence-electron chi connectivity index (χ4n) is 5.98. The van der Waals surface area contributed by atoms with Gasteiger partial charge in [0.25, 0.3) is 5.91 Å². The lowest BCUT2D eigenvalue weighted by Gasteiger charge is -2.58. The molecule has 6 nitrogen and oxygen atoms in total. The van der Waals surface area contributed by atoms with Crippen molar-refractivity contribution in [1.82, 2.24) is 15.3 Å². The van der Waals surface area contributed by atoms with E-state index in [0.29, 0.717) is 35.9 Å². The van der Waals surface area contributed by atoms with E-state index in [0.717, 1.165) is 36.0 Å². The number of pyridine rings is 1. The summed E-state index contributed by atoms with van der Waals surface area (Å²) in [5.74, 6) is 1.54. The van der Waals surface area contributed by atoms with Crippen molar-refractivity contribution in [2.45, 2.75) is 50.7 Å². The molecule has 4 fully saturated rings. The smallest absolute Gasteiger partial charge is 0.254 e. The summed E-state index contributed by atoms with van der Waals surface area (Å²) in [4.78, 5) is 20.1. The number of rotatable bonds is 4. The highest BCUT2D eigenvalue weighted by atomic mass is 16.3. The molecule has 5 atom stereocenters. The summed E-state index contributed by atoms with van der Waals surface area (Å²) in [6.45, 7) is 2.51. The van der Waals surface area contributed by atoms with E-state index in [9.17, 15) is 9.90 Å². The fourth-order valence-corrected chi connectivity index (χ4v) is 5.98. The highest BCUT2D eigenvalue weighted by Gasteiger charge is 2.54. The molecule has 2 heterocycles. The van der Waals surface area contributed by atoms with Crippen molar-refractivity contribution in [2.75, 3.05) is 11.9 Å². The molecule has 6 rings (SSSR count). The summed E-state index contributed by atoms with van der Waals surface area (Å²) in [5.41, 5.74) is 1.83. The predicted octanol–water partition coefficient (Wildman–Crippen LogP) is 2.66. The van der Waals surface area contributed by atoms with Crippen LogP contribution in [-0.4, -0.2) is 39.2 Å². The van der Waals surface area contributed by atoms with Crippen molar-refractivity contribution in [2.24, 2.45) is 17.8 Å². The van der Waals surface area contributed by atoms with Crippen LogP contribution < -0.4 is 10.6 Å². The quantitative estimate of drug-likeness (QED) is 0.679. The lowest BCUT2D eigenvalue weighted by atomic mass is 9.52. The molecule has 0 aliphatic heterocycles. The van der Waals surface area contributed by atoms with Gasteiger partial charge in [-0.15, -0.1) is 0 Å². The third-order valence-corrected chi connectivity index (χ3v) is 6.72. The number of H-pyrrole nitrogens is 1. The number of fused-ring (bicyclic) bond motifs is 1. The van der Waals surface area contributed by atoms with Gasteiger partial charge in [0.1, 0.15) is 5.65 Å². The van der Waals surface area contributed by atoms with Crippen molar-refractivity contribution in [3.8, 4) is 0 Å². The zero-order chi connectivity index (χ0) is 17.9. The van der Waals surface area contributed by atoms with Crippen molar-refractivity contribution < 1.29 is 9.90 Å². The van der Waals surface area contributed by atoms with Gasteiger partial charge in [-0.2, -0.15) is 0 Å². The van der Waals surface area contributed by atoms with E-state index in [4.69, 9.17) is 0 Å². The maximum Gasteiger partial charge on any atom is 0.254 e. The summed E-state index contributed by atoms with van der Waals surface area (Å²) in [7, 11) is 0. The number of hydrogen-bond acceptors (Lipinski definition) is 4. The molecule has 2 aromatic heterocycles. The van der Waals surface area contributed by atoms with Gasteiger partial charge in [-0.1, -0.05) is 0 Å². The van der Waals surface area contributed by atoms with Crippen LogP contribution >= 0.6 is 0 Å². The second-order valence-electron chi connectivity index (χ2n) is 8.51. The average molecular weight is 354 g/mol. The highest BCUT2D eigenvalue weighted by Crippen LogP contribution is 2.56. The van der Waals surface area contributed by atoms with Crippen LogP contribution in [0.4, 0.5) is 5.69 Å². The number of amides is 1. The Morgan fingerprint density at radius 3 is 2.81 bits per heavy atom. The third-order valence-electron chi connectivity index (χ3n) is 6.72. The van der Waals surface area contributed by atoms with Crippen LogP contribution in [0.3, 0.4) is 0 Å². The summed E-state index contributed by atoms with van der Waals surface area (Å²) >= 11 is 0. The third kappa shape index (κ3) is 2.42. The number of aliphatic hydroxyl groups is 1. The molecular weight excluding hydrogens is 328 g/mol. The topological polar surface area (TPSA) is 90.0 Å². The molecular formula is C20H26N4O2. The van der Waals surface area contributed by atoms with Gasteiger partial charge in [-0.05, 0) is 62.8 Å². The zero-order valence-corrected chi connectivity index (χ0v) is 15.1. The molecule has 4 aliphatic rings. The van der Waals surface area contributed by atoms with Crippen molar-refractivity contribution in [3.63, 3.8) is 0 Å². The Morgan fingerprint density at radius 2 is 2.12 bits per heavy atom. The van der Waals surface area contributed by atoms with Crippen LogP contribution in [-0.2, 0) is 0 Å². The summed E-state index contributed by atoms with van der Waals surface area (Å²) in [6.07, 6.45) is 8.65. The second kappa shape index (κ2) is 5.71. The minimum Gasteiger partial charge on any atom is -0.390 e. The van der Waals surface area contributed by atoms with E-state index in [1.165, 1.54) is 12.8 Å². The number of carbonyl (C=O) groups excluding carboxylic acids is 1. The van der Waals surface area contributed by atoms with Crippen LogP contribution in [0.1, 0.15) is 49.4 Å². The Bertz CT molecular complexity index is 845. The highest BCUT2D eigenvalue weighted by molar-refractivity contribution is 6.06. The van der Waals surface area contributed by atoms with Gasteiger partial charge >= 0.3 is 0 Å². The molecule has 0 spiro atoms. The van der Waals surface area contributed by atoms with Crippen molar-refractivity contribution in [3.05, 3.63) is 24.0 Å². The Balaban J connectivity index is 1.52. The Labute approximate surface area is 152 Å². The lowest BCUT2D eigenvalue weighted by molar-refractivity contribution is -0.129. The van der Waals surface area contributed by atoms with Gasteiger partial charge in [-0.25, -0.2) is 4.98 Å². The molecule has 4 N–H and O–H groups in total. The molecule has 6 heteroatoms. The number of anilines is 1. The first-order valence-corrected chi connectivity index (χ1v) is 9.79. The van der Waals surface area contributed by atoms with Crippen LogP contribution in [0.5, 0.6) is 0 Å². The molecule has 4 saturated carbocycles. The number of carbonyl (C=O) groups is 1. The zero-order valence-electron chi connectivity index (χ0n) is 15.1. The van der Waals surface area contributed by atoms with Gasteiger partial charge in [0.2, 0.25) is 0 Å². The molecule has 138 valence electrons. The van der Waals surface area contributed by atoms with E-state index in [-0.39, 0.29) is 5.91 Å². The van der Waals surface area contributed by atoms with Gasteiger partial charge in [-0.3, -0.25) is 4.79 Å². The summed E-state index contributed by atoms with van der Waals surface area (Å²) in [5, 5.41) is 18.4. The second-order valence-corrected chi connectivity index (χ2v) is 8.51. The minimum atomic E-state index is -0.446. The van der Waals surface area contributed by atoms with E-state index >= 15 is 0 Å². The number of nitrogens with zero attached hydrogens (tertiary/aromatic N) is 1. The lowest BCUT2D eigenvalue weighted by Crippen LogP contribution is -2.59. The Hall–Kier alpha value is -2.08. The van der Waals surface area contributed by atoms with Crippen LogP contribution in [0.15, 0.2) is 18.5 Å². The van der Waals surface area contributed by atoms with Crippen LogP contribution in [0.25, 0.3) is 11.0 Å². The molecule has 1 amide bonds. The maximum atomic E-state index is 12.6. The summed E-state index contributed by atoms with van der Waals surface area (Å²) in [6, 6.07) is 2.30. The largest absolute Gasteiger partial charge is 0.390 e. The van der Waals surface area contributed by atoms with E-state index < -0.39 is 5.60 Å². The Morgan fingerprint density at radius 1 is 1.35 bits per heavy atom. The first-order chi connectivity index (χ1) is 12.6. The van der Waals surface area contributed by atoms with E-state index in [2.05, 4.69) is 20.6 Å². The van der Waals surface area contributed by atoms with Crippen molar-refractivity contribution in [1.29, 1.82) is 0 Å². The van der Waals surface area contributed by atoms with E-state index in [1.54, 1.807) is 6.20 Å². The van der Waals surface area contributed by atoms with Crippen LogP contribution in [0, 0.1) is 17.8 Å². The predicted molar refractivity (Wildman–Crippen MR) is 100 cm³/mol. The molecule has 1 unspecified atom stereocenters. The first kappa shape index (κ1) is 16.1. The molecule has 0 saturated heterocycles. The fraction of sp³-hybridized carbons (Fsp3) is 0.600. The Kier molecular flexibility index (Phi) is 3.54. The van der Waals surface area contributed by atoms with Gasteiger partial charge < -0.3 is 20.7 Å². The number of aromatic amines is 1. The number of nitrogens with one attached hydrogen (secondary N) is 3. The molecule has 26 heavy (non-hydrogen) atoms. The minimum absolute atomic E-state index is 0.0898. The molecule has 0 radical (unpaired) electrons. The normalized spacial score (nSPS) is 35.0.